The summed E-state index contributed by atoms with van der Waals surface area (Å²) in [6, 6.07) is 6.10. The van der Waals surface area contributed by atoms with E-state index in [4.69, 9.17) is 4.74 Å². The normalized spacial score (nSPS) is 20.7. The number of nitrogens with zero attached hydrogens (tertiary/aromatic N) is 1. The number of nitrogens with one attached hydrogen (secondary N) is 1. The van der Waals surface area contributed by atoms with E-state index < -0.39 is 0 Å². The molecule has 1 fully saturated rings. The summed E-state index contributed by atoms with van der Waals surface area (Å²) in [4.78, 5) is 14.3. The SMILES string of the molecule is CC(=O)C(c1ccc2c(c1)CCO2)N1CCNCC1. The van der Waals surface area contributed by atoms with E-state index in [-0.39, 0.29) is 11.8 Å². The van der Waals surface area contributed by atoms with Crippen molar-refractivity contribution in [2.45, 2.75) is 19.4 Å². The second-order valence-corrected chi connectivity index (χ2v) is 5.26. The van der Waals surface area contributed by atoms with Crippen LogP contribution in [0.4, 0.5) is 0 Å². The van der Waals surface area contributed by atoms with Crippen molar-refractivity contribution >= 4 is 5.78 Å². The topological polar surface area (TPSA) is 41.6 Å². The molecule has 102 valence electrons. The quantitative estimate of drug-likeness (QED) is 0.885. The Morgan fingerprint density at radius 1 is 1.37 bits per heavy atom. The molecule has 1 aromatic carbocycles. The van der Waals surface area contributed by atoms with Gasteiger partial charge >= 0.3 is 0 Å². The molecule has 4 nitrogen and oxygen atoms in total. The molecule has 1 unspecified atom stereocenters. The minimum absolute atomic E-state index is 0.104. The van der Waals surface area contributed by atoms with Gasteiger partial charge in [-0.3, -0.25) is 9.69 Å². The maximum atomic E-state index is 12.1. The number of rotatable bonds is 3. The third kappa shape index (κ3) is 2.51. The van der Waals surface area contributed by atoms with Crippen LogP contribution in [0.1, 0.15) is 24.1 Å². The van der Waals surface area contributed by atoms with Gasteiger partial charge in [0.1, 0.15) is 5.75 Å². The lowest BCUT2D eigenvalue weighted by molar-refractivity contribution is -0.122. The number of benzene rings is 1. The fraction of sp³-hybridized carbons (Fsp3) is 0.533. The molecule has 2 aliphatic heterocycles. The highest BCUT2D eigenvalue weighted by Gasteiger charge is 2.27. The van der Waals surface area contributed by atoms with Crippen LogP contribution in [0.15, 0.2) is 18.2 Å². The molecule has 1 N–H and O–H groups in total. The molecule has 1 atom stereocenters. The number of hydrogen-bond donors (Lipinski definition) is 1. The third-order valence-corrected chi connectivity index (χ3v) is 3.93. The van der Waals surface area contributed by atoms with Crippen molar-refractivity contribution in [1.29, 1.82) is 0 Å². The fourth-order valence-corrected chi connectivity index (χ4v) is 3.02. The monoisotopic (exact) mass is 260 g/mol. The third-order valence-electron chi connectivity index (χ3n) is 3.93. The summed E-state index contributed by atoms with van der Waals surface area (Å²) in [5, 5.41) is 3.33. The second kappa shape index (κ2) is 5.31. The van der Waals surface area contributed by atoms with Gasteiger partial charge in [0.05, 0.1) is 12.6 Å². The smallest absolute Gasteiger partial charge is 0.151 e. The Morgan fingerprint density at radius 2 is 2.16 bits per heavy atom. The Hall–Kier alpha value is -1.39. The zero-order valence-corrected chi connectivity index (χ0v) is 11.3. The van der Waals surface area contributed by atoms with E-state index in [1.54, 1.807) is 6.92 Å². The van der Waals surface area contributed by atoms with E-state index in [1.165, 1.54) is 5.56 Å². The van der Waals surface area contributed by atoms with Crippen molar-refractivity contribution in [2.24, 2.45) is 0 Å². The lowest BCUT2D eigenvalue weighted by atomic mass is 9.98. The van der Waals surface area contributed by atoms with Gasteiger partial charge in [-0.05, 0) is 30.2 Å². The summed E-state index contributed by atoms with van der Waals surface area (Å²) < 4.78 is 5.53. The standard InChI is InChI=1S/C15H20N2O2/c1-11(18)15(17-7-5-16-6-8-17)13-2-3-14-12(10-13)4-9-19-14/h2-3,10,15-16H,4-9H2,1H3. The molecule has 1 aromatic rings. The van der Waals surface area contributed by atoms with Crippen molar-refractivity contribution < 1.29 is 9.53 Å². The van der Waals surface area contributed by atoms with E-state index in [2.05, 4.69) is 16.3 Å². The van der Waals surface area contributed by atoms with Crippen LogP contribution >= 0.6 is 0 Å². The highest BCUT2D eigenvalue weighted by atomic mass is 16.5. The molecule has 0 amide bonds. The van der Waals surface area contributed by atoms with Gasteiger partial charge in [-0.15, -0.1) is 0 Å². The van der Waals surface area contributed by atoms with Gasteiger partial charge in [-0.1, -0.05) is 6.07 Å². The average Bonchev–Trinajstić information content (AvgIpc) is 2.87. The number of ketones is 1. The van der Waals surface area contributed by atoms with E-state index in [0.717, 1.165) is 50.5 Å². The summed E-state index contributed by atoms with van der Waals surface area (Å²) >= 11 is 0. The molecule has 0 radical (unpaired) electrons. The molecule has 0 spiro atoms. The summed E-state index contributed by atoms with van der Waals surface area (Å²) in [5.74, 6) is 1.20. The zero-order valence-electron chi connectivity index (χ0n) is 11.3. The van der Waals surface area contributed by atoms with Gasteiger partial charge in [0.15, 0.2) is 5.78 Å². The first kappa shape index (κ1) is 12.6. The van der Waals surface area contributed by atoms with Gasteiger partial charge in [0.2, 0.25) is 0 Å². The second-order valence-electron chi connectivity index (χ2n) is 5.26. The predicted octanol–water partition coefficient (Wildman–Crippen LogP) is 1.16. The molecule has 2 heterocycles. The molecule has 0 saturated carbocycles. The average molecular weight is 260 g/mol. The Bertz CT molecular complexity index is 481. The van der Waals surface area contributed by atoms with E-state index >= 15 is 0 Å². The number of carbonyl (C=O) groups is 1. The van der Waals surface area contributed by atoms with Gasteiger partial charge in [-0.2, -0.15) is 0 Å². The van der Waals surface area contributed by atoms with Crippen LogP contribution in [0.2, 0.25) is 0 Å². The van der Waals surface area contributed by atoms with E-state index in [1.807, 2.05) is 12.1 Å². The Morgan fingerprint density at radius 3 is 2.89 bits per heavy atom. The van der Waals surface area contributed by atoms with Crippen LogP contribution in [0.3, 0.4) is 0 Å². The minimum Gasteiger partial charge on any atom is -0.493 e. The molecule has 0 aromatic heterocycles. The molecule has 2 aliphatic rings. The first-order valence-corrected chi connectivity index (χ1v) is 6.96. The Kier molecular flexibility index (Phi) is 3.53. The first-order chi connectivity index (χ1) is 9.25. The molecule has 0 aliphatic carbocycles. The minimum atomic E-state index is -0.104. The number of hydrogen-bond acceptors (Lipinski definition) is 4. The van der Waals surface area contributed by atoms with Crippen LogP contribution in [0.25, 0.3) is 0 Å². The maximum Gasteiger partial charge on any atom is 0.151 e. The molecule has 19 heavy (non-hydrogen) atoms. The molecule has 3 rings (SSSR count). The first-order valence-electron chi connectivity index (χ1n) is 6.96. The van der Waals surface area contributed by atoms with Crippen molar-refractivity contribution in [3.63, 3.8) is 0 Å². The number of carbonyl (C=O) groups excluding carboxylic acids is 1. The van der Waals surface area contributed by atoms with Crippen molar-refractivity contribution in [3.8, 4) is 5.75 Å². The summed E-state index contributed by atoms with van der Waals surface area (Å²) in [6.45, 7) is 6.22. The lowest BCUT2D eigenvalue weighted by Crippen LogP contribution is -2.46. The maximum absolute atomic E-state index is 12.1. The number of fused-ring (bicyclic) bond motifs is 1. The van der Waals surface area contributed by atoms with Crippen molar-refractivity contribution in [2.75, 3.05) is 32.8 Å². The summed E-state index contributed by atoms with van der Waals surface area (Å²) in [5.41, 5.74) is 2.34. The van der Waals surface area contributed by atoms with Crippen LogP contribution in [0, 0.1) is 0 Å². The van der Waals surface area contributed by atoms with E-state index in [9.17, 15) is 4.79 Å². The molecule has 1 saturated heterocycles. The van der Waals surface area contributed by atoms with Crippen LogP contribution in [0.5, 0.6) is 5.75 Å². The number of Topliss-reactive ketones (excluding diaryl/α,β-unsaturated/α-hetero) is 1. The summed E-state index contributed by atoms with van der Waals surface area (Å²) in [7, 11) is 0. The zero-order chi connectivity index (χ0) is 13.2. The fourth-order valence-electron chi connectivity index (χ4n) is 3.02. The highest BCUT2D eigenvalue weighted by molar-refractivity contribution is 5.83. The van der Waals surface area contributed by atoms with E-state index in [0.29, 0.717) is 0 Å². The van der Waals surface area contributed by atoms with Gasteiger partial charge in [0, 0.05) is 32.6 Å². The Labute approximate surface area is 113 Å². The van der Waals surface area contributed by atoms with Crippen LogP contribution in [-0.4, -0.2) is 43.5 Å². The number of piperazine rings is 1. The van der Waals surface area contributed by atoms with Gasteiger partial charge in [0.25, 0.3) is 0 Å². The number of ether oxygens (including phenoxy) is 1. The predicted molar refractivity (Wildman–Crippen MR) is 73.5 cm³/mol. The molecule has 0 bridgehead atoms. The van der Waals surface area contributed by atoms with Crippen molar-refractivity contribution in [3.05, 3.63) is 29.3 Å². The molecule has 4 heteroatoms. The lowest BCUT2D eigenvalue weighted by Gasteiger charge is -2.33. The molecular weight excluding hydrogens is 240 g/mol. The Balaban J connectivity index is 1.89. The van der Waals surface area contributed by atoms with Gasteiger partial charge in [-0.25, -0.2) is 0 Å². The van der Waals surface area contributed by atoms with Crippen LogP contribution in [-0.2, 0) is 11.2 Å². The van der Waals surface area contributed by atoms with Crippen LogP contribution < -0.4 is 10.1 Å². The highest BCUT2D eigenvalue weighted by Crippen LogP contribution is 2.30. The van der Waals surface area contributed by atoms with Crippen molar-refractivity contribution in [1.82, 2.24) is 10.2 Å². The molecular formula is C15H20N2O2. The van der Waals surface area contributed by atoms with Gasteiger partial charge < -0.3 is 10.1 Å². The summed E-state index contributed by atoms with van der Waals surface area (Å²) in [6.07, 6.45) is 0.954. The largest absolute Gasteiger partial charge is 0.493 e.